The van der Waals surface area contributed by atoms with Gasteiger partial charge in [-0.15, -0.1) is 12.4 Å². The zero-order valence-electron chi connectivity index (χ0n) is 13.5. The van der Waals surface area contributed by atoms with E-state index in [4.69, 9.17) is 5.73 Å². The lowest BCUT2D eigenvalue weighted by molar-refractivity contribution is -0.138. The maximum absolute atomic E-state index is 14.0. The van der Waals surface area contributed by atoms with Crippen LogP contribution in [0.3, 0.4) is 0 Å². The fourth-order valence-electron chi connectivity index (χ4n) is 3.10. The summed E-state index contributed by atoms with van der Waals surface area (Å²) in [6, 6.07) is 6.60. The fourth-order valence-corrected chi connectivity index (χ4v) is 3.10. The van der Waals surface area contributed by atoms with Gasteiger partial charge in [-0.25, -0.2) is 4.39 Å². The predicted molar refractivity (Wildman–Crippen MR) is 89.6 cm³/mol. The van der Waals surface area contributed by atoms with E-state index in [1.165, 1.54) is 6.07 Å². The maximum Gasteiger partial charge on any atom is 0.232 e. The molecule has 1 heterocycles. The molecule has 3 nitrogen and oxygen atoms in total. The van der Waals surface area contributed by atoms with Gasteiger partial charge in [-0.05, 0) is 45.6 Å². The van der Waals surface area contributed by atoms with Crippen LogP contribution in [0.25, 0.3) is 0 Å². The average Bonchev–Trinajstić information content (AvgIpc) is 2.46. The Balaban J connectivity index is 0.00000242. The molecule has 1 aromatic rings. The van der Waals surface area contributed by atoms with E-state index in [2.05, 4.69) is 0 Å². The molecular formula is C17H26ClFN2O. The first-order chi connectivity index (χ1) is 9.84. The summed E-state index contributed by atoms with van der Waals surface area (Å²) in [5, 5.41) is 0. The van der Waals surface area contributed by atoms with Gasteiger partial charge in [0.25, 0.3) is 0 Å². The predicted octanol–water partition coefficient (Wildman–Crippen LogP) is 3.11. The van der Waals surface area contributed by atoms with Crippen molar-refractivity contribution < 1.29 is 9.18 Å². The van der Waals surface area contributed by atoms with Crippen LogP contribution in [0, 0.1) is 11.7 Å². The van der Waals surface area contributed by atoms with E-state index >= 15 is 0 Å². The summed E-state index contributed by atoms with van der Waals surface area (Å²) in [6.45, 7) is 6.99. The van der Waals surface area contributed by atoms with Crippen molar-refractivity contribution >= 4 is 18.3 Å². The number of halogens is 2. The van der Waals surface area contributed by atoms with Crippen molar-refractivity contribution in [2.45, 2.75) is 45.1 Å². The van der Waals surface area contributed by atoms with Crippen LogP contribution in [0.4, 0.5) is 4.39 Å². The van der Waals surface area contributed by atoms with Crippen molar-refractivity contribution in [3.8, 4) is 0 Å². The van der Waals surface area contributed by atoms with Crippen LogP contribution >= 0.6 is 12.4 Å². The van der Waals surface area contributed by atoms with Crippen LogP contribution in [0.5, 0.6) is 0 Å². The zero-order chi connectivity index (χ0) is 15.6. The Morgan fingerprint density at radius 1 is 1.41 bits per heavy atom. The standard InChI is InChI=1S/C17H25FN2O.ClH/c1-12(19)13-7-6-10-20(11-13)16(21)17(2,3)14-8-4-5-9-15(14)18;/h4-5,8-9,12-13H,6-7,10-11,19H2,1-3H3;1H. The lowest BCUT2D eigenvalue weighted by Gasteiger charge is -2.39. The molecule has 2 unspecified atom stereocenters. The molecule has 0 aromatic heterocycles. The lowest BCUT2D eigenvalue weighted by Crippen LogP contribution is -2.50. The van der Waals surface area contributed by atoms with E-state index in [1.54, 1.807) is 32.0 Å². The number of nitrogens with zero attached hydrogens (tertiary/aromatic N) is 1. The molecule has 1 fully saturated rings. The number of hydrogen-bond donors (Lipinski definition) is 1. The first-order valence-electron chi connectivity index (χ1n) is 7.64. The first kappa shape index (κ1) is 18.9. The highest BCUT2D eigenvalue weighted by atomic mass is 35.5. The zero-order valence-corrected chi connectivity index (χ0v) is 14.3. The van der Waals surface area contributed by atoms with Crippen molar-refractivity contribution in [2.24, 2.45) is 11.7 Å². The molecule has 124 valence electrons. The molecule has 22 heavy (non-hydrogen) atoms. The average molecular weight is 329 g/mol. The largest absolute Gasteiger partial charge is 0.342 e. The molecule has 1 saturated heterocycles. The number of piperidine rings is 1. The molecule has 2 rings (SSSR count). The summed E-state index contributed by atoms with van der Waals surface area (Å²) in [6.07, 6.45) is 2.02. The van der Waals surface area contributed by atoms with Crippen molar-refractivity contribution in [1.82, 2.24) is 4.90 Å². The second kappa shape index (κ2) is 7.42. The number of benzene rings is 1. The maximum atomic E-state index is 14.0. The second-order valence-electron chi connectivity index (χ2n) is 6.62. The minimum absolute atomic E-state index is 0. The van der Waals surface area contributed by atoms with Crippen LogP contribution in [-0.4, -0.2) is 29.9 Å². The third-order valence-corrected chi connectivity index (χ3v) is 4.57. The number of rotatable bonds is 3. The van der Waals surface area contributed by atoms with Crippen molar-refractivity contribution in [3.63, 3.8) is 0 Å². The molecule has 0 aliphatic carbocycles. The molecule has 1 aliphatic heterocycles. The Morgan fingerprint density at radius 3 is 2.64 bits per heavy atom. The molecule has 2 atom stereocenters. The summed E-state index contributed by atoms with van der Waals surface area (Å²) in [5.74, 6) is -0.00586. The van der Waals surface area contributed by atoms with Crippen molar-refractivity contribution in [2.75, 3.05) is 13.1 Å². The van der Waals surface area contributed by atoms with Crippen LogP contribution in [0.15, 0.2) is 24.3 Å². The van der Waals surface area contributed by atoms with E-state index in [1.807, 2.05) is 11.8 Å². The van der Waals surface area contributed by atoms with Crippen molar-refractivity contribution in [1.29, 1.82) is 0 Å². The smallest absolute Gasteiger partial charge is 0.232 e. The quantitative estimate of drug-likeness (QED) is 0.926. The Labute approximate surface area is 138 Å². The minimum Gasteiger partial charge on any atom is -0.342 e. The Bertz CT molecular complexity index is 519. The molecule has 5 heteroatoms. The number of hydrogen-bond acceptors (Lipinski definition) is 2. The molecule has 0 spiro atoms. The summed E-state index contributed by atoms with van der Waals surface area (Å²) < 4.78 is 14.0. The molecule has 0 bridgehead atoms. The van der Waals surface area contributed by atoms with E-state index in [0.717, 1.165) is 19.4 Å². The summed E-state index contributed by atoms with van der Waals surface area (Å²) >= 11 is 0. The van der Waals surface area contributed by atoms with Gasteiger partial charge >= 0.3 is 0 Å². The molecular weight excluding hydrogens is 303 g/mol. The van der Waals surface area contributed by atoms with Crippen LogP contribution in [-0.2, 0) is 10.2 Å². The molecule has 2 N–H and O–H groups in total. The van der Waals surface area contributed by atoms with Gasteiger partial charge in [0.15, 0.2) is 0 Å². The van der Waals surface area contributed by atoms with Gasteiger partial charge in [-0.3, -0.25) is 4.79 Å². The third kappa shape index (κ3) is 3.79. The van der Waals surface area contributed by atoms with Crippen LogP contribution < -0.4 is 5.73 Å². The first-order valence-corrected chi connectivity index (χ1v) is 7.64. The van der Waals surface area contributed by atoms with Gasteiger partial charge < -0.3 is 10.6 Å². The molecule has 0 radical (unpaired) electrons. The van der Waals surface area contributed by atoms with Gasteiger partial charge in [0.05, 0.1) is 5.41 Å². The number of likely N-dealkylation sites (tertiary alicyclic amines) is 1. The molecule has 1 amide bonds. The highest BCUT2D eigenvalue weighted by Gasteiger charge is 2.37. The van der Waals surface area contributed by atoms with E-state index in [9.17, 15) is 9.18 Å². The summed E-state index contributed by atoms with van der Waals surface area (Å²) in [4.78, 5) is 14.7. The SMILES string of the molecule is CC(N)C1CCCN(C(=O)C(C)(C)c2ccccc2F)C1.Cl. The number of carbonyl (C=O) groups is 1. The molecule has 1 aliphatic rings. The van der Waals surface area contributed by atoms with Crippen molar-refractivity contribution in [3.05, 3.63) is 35.6 Å². The molecule has 0 saturated carbocycles. The lowest BCUT2D eigenvalue weighted by atomic mass is 9.81. The van der Waals surface area contributed by atoms with Crippen LogP contribution in [0.2, 0.25) is 0 Å². The van der Waals surface area contributed by atoms with Gasteiger partial charge in [-0.1, -0.05) is 18.2 Å². The normalized spacial score (nSPS) is 20.2. The summed E-state index contributed by atoms with van der Waals surface area (Å²) in [7, 11) is 0. The summed E-state index contributed by atoms with van der Waals surface area (Å²) in [5.41, 5.74) is 5.58. The highest BCUT2D eigenvalue weighted by molar-refractivity contribution is 5.87. The minimum atomic E-state index is -0.856. The Kier molecular flexibility index (Phi) is 6.38. The van der Waals surface area contributed by atoms with E-state index in [0.29, 0.717) is 18.0 Å². The number of amides is 1. The topological polar surface area (TPSA) is 46.3 Å². The van der Waals surface area contributed by atoms with E-state index < -0.39 is 5.41 Å². The third-order valence-electron chi connectivity index (χ3n) is 4.57. The Morgan fingerprint density at radius 2 is 2.05 bits per heavy atom. The van der Waals surface area contributed by atoms with E-state index in [-0.39, 0.29) is 30.2 Å². The van der Waals surface area contributed by atoms with Crippen LogP contribution in [0.1, 0.15) is 39.2 Å². The number of carbonyl (C=O) groups excluding carboxylic acids is 1. The fraction of sp³-hybridized carbons (Fsp3) is 0.588. The molecule has 1 aromatic carbocycles. The number of nitrogens with two attached hydrogens (primary N) is 1. The highest BCUT2D eigenvalue weighted by Crippen LogP contribution is 2.30. The van der Waals surface area contributed by atoms with Gasteiger partial charge in [0.2, 0.25) is 5.91 Å². The monoisotopic (exact) mass is 328 g/mol. The van der Waals surface area contributed by atoms with Gasteiger partial charge in [0.1, 0.15) is 5.82 Å². The second-order valence-corrected chi connectivity index (χ2v) is 6.62. The Hall–Kier alpha value is -1.13. The van der Waals surface area contributed by atoms with Gasteiger partial charge in [0, 0.05) is 24.7 Å². The van der Waals surface area contributed by atoms with Gasteiger partial charge in [-0.2, -0.15) is 0 Å².